The van der Waals surface area contributed by atoms with Gasteiger partial charge in [0.25, 0.3) is 0 Å². The second kappa shape index (κ2) is 5.45. The number of nitrogens with one attached hydrogen (secondary N) is 1. The average Bonchev–Trinajstić information content (AvgIpc) is 2.31. The maximum atomic E-state index is 3.66. The van der Waals surface area contributed by atoms with E-state index in [1.807, 2.05) is 0 Å². The van der Waals surface area contributed by atoms with Crippen LogP contribution in [0.2, 0.25) is 0 Å². The van der Waals surface area contributed by atoms with Gasteiger partial charge in [0.05, 0.1) is 0 Å². The Morgan fingerprint density at radius 3 is 2.63 bits per heavy atom. The molecule has 1 N–H and O–H groups in total. The van der Waals surface area contributed by atoms with Crippen LogP contribution in [0.5, 0.6) is 0 Å². The number of aryl methyl sites for hydroxylation is 1. The second-order valence-corrected chi connectivity index (χ2v) is 7.49. The molecule has 1 unspecified atom stereocenters. The number of halogens is 1. The van der Waals surface area contributed by atoms with Crippen LogP contribution in [0.4, 0.5) is 5.69 Å². The van der Waals surface area contributed by atoms with Crippen molar-refractivity contribution >= 4 is 21.6 Å². The Kier molecular flexibility index (Phi) is 4.26. The molecule has 0 aromatic heterocycles. The molecule has 0 spiro atoms. The Balaban J connectivity index is 2.33. The molecule has 3 heteroatoms. The van der Waals surface area contributed by atoms with Gasteiger partial charge in [-0.05, 0) is 50.5 Å². The summed E-state index contributed by atoms with van der Waals surface area (Å²) in [5, 5.41) is 3.66. The third kappa shape index (κ3) is 3.32. The second-order valence-electron chi connectivity index (χ2n) is 6.64. The highest BCUT2D eigenvalue weighted by Gasteiger charge is 2.34. The van der Waals surface area contributed by atoms with Crippen LogP contribution in [-0.2, 0) is 0 Å². The maximum Gasteiger partial charge on any atom is 0.0438 e. The Labute approximate surface area is 125 Å². The van der Waals surface area contributed by atoms with E-state index >= 15 is 0 Å². The van der Waals surface area contributed by atoms with Crippen molar-refractivity contribution in [1.29, 1.82) is 0 Å². The van der Waals surface area contributed by atoms with E-state index in [1.54, 1.807) is 0 Å². The Hall–Kier alpha value is -0.540. The van der Waals surface area contributed by atoms with E-state index in [1.165, 1.54) is 15.7 Å². The summed E-state index contributed by atoms with van der Waals surface area (Å²) in [6.07, 6.45) is 0. The predicted molar refractivity (Wildman–Crippen MR) is 86.9 cm³/mol. The molecular weight excluding hydrogens is 300 g/mol. The van der Waals surface area contributed by atoms with Crippen molar-refractivity contribution in [2.75, 3.05) is 18.0 Å². The summed E-state index contributed by atoms with van der Waals surface area (Å²) in [6, 6.07) is 7.25. The minimum atomic E-state index is 0.173. The number of rotatable bonds is 2. The van der Waals surface area contributed by atoms with Gasteiger partial charge in [-0.15, -0.1) is 0 Å². The SMILES string of the molecule is Cc1cc(N2CC(C)(C)NCC2C(C)C)ccc1Br. The third-order valence-electron chi connectivity index (χ3n) is 4.00. The van der Waals surface area contributed by atoms with Gasteiger partial charge in [-0.2, -0.15) is 0 Å². The largest absolute Gasteiger partial charge is 0.365 e. The van der Waals surface area contributed by atoms with Gasteiger partial charge in [0, 0.05) is 34.8 Å². The number of hydrogen-bond acceptors (Lipinski definition) is 2. The molecule has 1 saturated heterocycles. The van der Waals surface area contributed by atoms with Crippen molar-refractivity contribution < 1.29 is 0 Å². The van der Waals surface area contributed by atoms with Crippen LogP contribution in [0, 0.1) is 12.8 Å². The van der Waals surface area contributed by atoms with Crippen LogP contribution < -0.4 is 10.2 Å². The van der Waals surface area contributed by atoms with Crippen molar-refractivity contribution in [2.45, 2.75) is 46.2 Å². The molecule has 0 amide bonds. The summed E-state index contributed by atoms with van der Waals surface area (Å²) in [6.45, 7) is 13.4. The molecule has 1 atom stereocenters. The Bertz CT molecular complexity index is 454. The summed E-state index contributed by atoms with van der Waals surface area (Å²) in [7, 11) is 0. The summed E-state index contributed by atoms with van der Waals surface area (Å²) in [5.41, 5.74) is 2.82. The molecule has 2 nitrogen and oxygen atoms in total. The normalized spacial score (nSPS) is 22.9. The predicted octanol–water partition coefficient (Wildman–Crippen LogP) is 3.97. The fraction of sp³-hybridized carbons (Fsp3) is 0.625. The number of benzene rings is 1. The lowest BCUT2D eigenvalue weighted by molar-refractivity contribution is 0.277. The van der Waals surface area contributed by atoms with Crippen LogP contribution in [0.25, 0.3) is 0 Å². The number of hydrogen-bond donors (Lipinski definition) is 1. The molecule has 106 valence electrons. The summed E-state index contributed by atoms with van der Waals surface area (Å²) >= 11 is 3.59. The standard InChI is InChI=1S/C16H25BrN2/c1-11(2)15-9-18-16(4,5)10-19(15)13-6-7-14(17)12(3)8-13/h6-8,11,15,18H,9-10H2,1-5H3. The van der Waals surface area contributed by atoms with Gasteiger partial charge in [0.15, 0.2) is 0 Å². The van der Waals surface area contributed by atoms with Gasteiger partial charge in [0.1, 0.15) is 0 Å². The van der Waals surface area contributed by atoms with Crippen LogP contribution in [0.15, 0.2) is 22.7 Å². The molecule has 0 saturated carbocycles. The van der Waals surface area contributed by atoms with Crippen molar-refractivity contribution in [3.63, 3.8) is 0 Å². The van der Waals surface area contributed by atoms with Crippen molar-refractivity contribution in [3.05, 3.63) is 28.2 Å². The van der Waals surface area contributed by atoms with Gasteiger partial charge < -0.3 is 10.2 Å². The van der Waals surface area contributed by atoms with Gasteiger partial charge in [-0.3, -0.25) is 0 Å². The lowest BCUT2D eigenvalue weighted by atomic mass is 9.92. The van der Waals surface area contributed by atoms with Gasteiger partial charge in [0.2, 0.25) is 0 Å². The first kappa shape index (κ1) is 14.9. The smallest absolute Gasteiger partial charge is 0.0438 e. The van der Waals surface area contributed by atoms with E-state index in [2.05, 4.69) is 79.0 Å². The lowest BCUT2D eigenvalue weighted by Gasteiger charge is -2.47. The Morgan fingerprint density at radius 2 is 2.05 bits per heavy atom. The van der Waals surface area contributed by atoms with Crippen molar-refractivity contribution in [3.8, 4) is 0 Å². The molecule has 1 fully saturated rings. The first-order valence-corrected chi connectivity index (χ1v) is 7.87. The number of piperazine rings is 1. The van der Waals surface area contributed by atoms with E-state index in [4.69, 9.17) is 0 Å². The molecule has 0 radical (unpaired) electrons. The minimum absolute atomic E-state index is 0.173. The number of anilines is 1. The average molecular weight is 325 g/mol. The highest BCUT2D eigenvalue weighted by atomic mass is 79.9. The lowest BCUT2D eigenvalue weighted by Crippen LogP contribution is -2.63. The zero-order valence-electron chi connectivity index (χ0n) is 12.6. The van der Waals surface area contributed by atoms with Crippen LogP contribution in [-0.4, -0.2) is 24.7 Å². The quantitative estimate of drug-likeness (QED) is 0.885. The van der Waals surface area contributed by atoms with Gasteiger partial charge in [-0.25, -0.2) is 0 Å². The highest BCUT2D eigenvalue weighted by Crippen LogP contribution is 2.29. The first-order valence-electron chi connectivity index (χ1n) is 7.08. The zero-order chi connectivity index (χ0) is 14.2. The summed E-state index contributed by atoms with van der Waals surface area (Å²) in [5.74, 6) is 0.646. The molecule has 1 aromatic rings. The topological polar surface area (TPSA) is 15.3 Å². The molecule has 0 aliphatic carbocycles. The van der Waals surface area contributed by atoms with E-state index < -0.39 is 0 Å². The molecule has 19 heavy (non-hydrogen) atoms. The van der Waals surface area contributed by atoms with E-state index in [0.717, 1.165) is 13.1 Å². The van der Waals surface area contributed by atoms with Crippen LogP contribution in [0.1, 0.15) is 33.3 Å². The zero-order valence-corrected chi connectivity index (χ0v) is 14.2. The third-order valence-corrected chi connectivity index (χ3v) is 4.89. The van der Waals surface area contributed by atoms with Crippen LogP contribution >= 0.6 is 15.9 Å². The maximum absolute atomic E-state index is 3.66. The van der Waals surface area contributed by atoms with Crippen molar-refractivity contribution in [1.82, 2.24) is 5.32 Å². The first-order chi connectivity index (χ1) is 8.80. The molecular formula is C16H25BrN2. The monoisotopic (exact) mass is 324 g/mol. The highest BCUT2D eigenvalue weighted by molar-refractivity contribution is 9.10. The van der Waals surface area contributed by atoms with Gasteiger partial charge in [-0.1, -0.05) is 29.8 Å². The van der Waals surface area contributed by atoms with E-state index in [9.17, 15) is 0 Å². The molecule has 2 rings (SSSR count). The van der Waals surface area contributed by atoms with E-state index in [-0.39, 0.29) is 5.54 Å². The molecule has 1 aliphatic heterocycles. The molecule has 1 aromatic carbocycles. The van der Waals surface area contributed by atoms with Crippen molar-refractivity contribution in [2.24, 2.45) is 5.92 Å². The molecule has 1 aliphatic rings. The minimum Gasteiger partial charge on any atom is -0.365 e. The fourth-order valence-electron chi connectivity index (χ4n) is 2.78. The molecule has 0 bridgehead atoms. The summed E-state index contributed by atoms with van der Waals surface area (Å²) in [4.78, 5) is 2.57. The number of nitrogens with zero attached hydrogens (tertiary/aromatic N) is 1. The van der Waals surface area contributed by atoms with E-state index in [0.29, 0.717) is 12.0 Å². The molecule has 1 heterocycles. The fourth-order valence-corrected chi connectivity index (χ4v) is 3.02. The van der Waals surface area contributed by atoms with Crippen LogP contribution in [0.3, 0.4) is 0 Å². The summed E-state index contributed by atoms with van der Waals surface area (Å²) < 4.78 is 1.19. The van der Waals surface area contributed by atoms with Gasteiger partial charge >= 0.3 is 0 Å². The Morgan fingerprint density at radius 1 is 1.37 bits per heavy atom.